The fourth-order valence-electron chi connectivity index (χ4n) is 8.33. The van der Waals surface area contributed by atoms with Gasteiger partial charge in [0.05, 0.1) is 6.61 Å². The number of alkyl carbamates (subject to hydrolysis) is 1. The number of nitrogens with one attached hydrogen (secondary N) is 4. The van der Waals surface area contributed by atoms with Crippen LogP contribution < -0.4 is 21.3 Å². The molecule has 0 aromatic heterocycles. The predicted octanol–water partition coefficient (Wildman–Crippen LogP) is 5.59. The van der Waals surface area contributed by atoms with E-state index >= 15 is 0 Å². The zero-order valence-electron chi connectivity index (χ0n) is 33.1. The van der Waals surface area contributed by atoms with Crippen molar-refractivity contribution in [1.82, 2.24) is 31.1 Å². The Bertz CT molecular complexity index is 1330. The van der Waals surface area contributed by atoms with Gasteiger partial charge < -0.3 is 30.7 Å². The first-order chi connectivity index (χ1) is 23.8. The zero-order valence-corrected chi connectivity index (χ0v) is 33.1. The first-order valence-corrected chi connectivity index (χ1v) is 18.0. The zero-order chi connectivity index (χ0) is 39.8. The molecule has 0 aromatic carbocycles. The van der Waals surface area contributed by atoms with E-state index in [0.717, 1.165) is 47.9 Å². The van der Waals surface area contributed by atoms with Gasteiger partial charge in [-0.1, -0.05) is 54.7 Å². The smallest absolute Gasteiger partial charge is 0.407 e. The van der Waals surface area contributed by atoms with E-state index in [-0.39, 0.29) is 46.3 Å². The van der Waals surface area contributed by atoms with Gasteiger partial charge in [-0.05, 0) is 87.9 Å². The summed E-state index contributed by atoms with van der Waals surface area (Å²) >= 11 is 0. The van der Waals surface area contributed by atoms with Gasteiger partial charge in [-0.2, -0.15) is 0 Å². The van der Waals surface area contributed by atoms with E-state index in [1.807, 2.05) is 0 Å². The molecule has 0 aromatic rings. The van der Waals surface area contributed by atoms with E-state index < -0.39 is 29.4 Å². The third-order valence-electron chi connectivity index (χ3n) is 10.0. The summed E-state index contributed by atoms with van der Waals surface area (Å²) in [6.45, 7) is 27.4. The molecule has 0 aliphatic heterocycles. The van der Waals surface area contributed by atoms with Crippen molar-refractivity contribution >= 4 is 36.9 Å². The van der Waals surface area contributed by atoms with Crippen molar-refractivity contribution in [2.24, 2.45) is 21.7 Å². The Labute approximate surface area is 310 Å². The third-order valence-corrected chi connectivity index (χ3v) is 10.0. The van der Waals surface area contributed by atoms with Gasteiger partial charge in [0.15, 0.2) is 0 Å². The van der Waals surface area contributed by atoms with Crippen molar-refractivity contribution in [1.29, 1.82) is 0 Å². The second kappa shape index (κ2) is 17.3. The number of hydrogen-bond donors (Lipinski definition) is 4. The molecule has 2 saturated carbocycles. The van der Waals surface area contributed by atoms with Crippen molar-refractivity contribution in [3.05, 3.63) is 25.6 Å². The minimum Gasteiger partial charge on any atom is -0.443 e. The molecule has 2 fully saturated rings. The number of rotatable bonds is 16. The molecule has 52 heavy (non-hydrogen) atoms. The Balaban J connectivity index is 1.89. The normalized spacial score (nSPS) is 25.3. The van der Waals surface area contributed by atoms with Crippen LogP contribution in [0.1, 0.15) is 114 Å². The van der Waals surface area contributed by atoms with E-state index in [2.05, 4.69) is 76.0 Å². The van der Waals surface area contributed by atoms with Gasteiger partial charge in [0.25, 0.3) is 5.91 Å². The average Bonchev–Trinajstić information content (AvgIpc) is 2.97. The van der Waals surface area contributed by atoms with E-state index in [0.29, 0.717) is 45.2 Å². The highest BCUT2D eigenvalue weighted by Crippen LogP contribution is 2.47. The second-order valence-electron chi connectivity index (χ2n) is 18.1. The minimum atomic E-state index is -1.16. The van der Waals surface area contributed by atoms with Gasteiger partial charge in [0.1, 0.15) is 11.2 Å². The number of urea groups is 2. The lowest BCUT2D eigenvalue weighted by Crippen LogP contribution is -2.54. The Kier molecular flexibility index (Phi) is 14.7. The molecule has 0 radical (unpaired) electrons. The van der Waals surface area contributed by atoms with E-state index in [9.17, 15) is 28.8 Å². The lowest BCUT2D eigenvalue weighted by molar-refractivity contribution is -0.145. The fourth-order valence-corrected chi connectivity index (χ4v) is 8.33. The van der Waals surface area contributed by atoms with Gasteiger partial charge in [0, 0.05) is 44.0 Å². The van der Waals surface area contributed by atoms with E-state index in [1.54, 1.807) is 27.7 Å². The summed E-state index contributed by atoms with van der Waals surface area (Å²) in [4.78, 5) is 75.3. The van der Waals surface area contributed by atoms with Crippen LogP contribution in [0.3, 0.4) is 0 Å². The average molecular weight is 733 g/mol. The highest BCUT2D eigenvalue weighted by atomic mass is 16.6. The summed E-state index contributed by atoms with van der Waals surface area (Å²) in [6.07, 6.45) is 7.21. The maximum Gasteiger partial charge on any atom is 0.407 e. The third kappa shape index (κ3) is 13.6. The van der Waals surface area contributed by atoms with E-state index in [4.69, 9.17) is 9.47 Å². The van der Waals surface area contributed by atoms with Gasteiger partial charge >= 0.3 is 18.2 Å². The van der Waals surface area contributed by atoms with Crippen molar-refractivity contribution < 1.29 is 38.2 Å². The van der Waals surface area contributed by atoms with Crippen LogP contribution in [0, 0.1) is 21.7 Å². The van der Waals surface area contributed by atoms with Gasteiger partial charge in [-0.15, -0.1) is 0 Å². The minimum absolute atomic E-state index is 0.115. The molecule has 2 rings (SSSR count). The predicted molar refractivity (Wildman–Crippen MR) is 199 cm³/mol. The number of ether oxygens (including phenoxy) is 2. The summed E-state index contributed by atoms with van der Waals surface area (Å²) in [5, 5.41) is 11.8. The van der Waals surface area contributed by atoms with Gasteiger partial charge in [-0.3, -0.25) is 14.4 Å². The summed E-state index contributed by atoms with van der Waals surface area (Å²) in [6, 6.07) is -1.46. The first-order valence-electron chi connectivity index (χ1n) is 18.0. The fraction of sp³-hybridized carbons (Fsp3) is 0.737. The molecule has 14 nitrogen and oxygen atoms in total. The molecule has 4 atom stereocenters. The lowest BCUT2D eigenvalue weighted by Gasteiger charge is -2.47. The Morgan fingerprint density at radius 1 is 0.731 bits per heavy atom. The molecule has 2 aliphatic carbocycles. The number of carbonyl (C=O) groups excluding carboxylic acids is 6. The summed E-state index contributed by atoms with van der Waals surface area (Å²) in [7, 11) is 0. The van der Waals surface area contributed by atoms with Crippen molar-refractivity contribution in [3.8, 4) is 0 Å². The molecule has 0 heterocycles. The number of hydrogen-bond acceptors (Lipinski definition) is 8. The molecule has 0 saturated heterocycles. The Morgan fingerprint density at radius 2 is 1.15 bits per heavy atom. The molecular formula is C38H64N6O8. The Hall–Kier alpha value is -3.94. The van der Waals surface area contributed by atoms with Crippen LogP contribution in [0.4, 0.5) is 14.4 Å². The number of nitrogens with zero attached hydrogens (tertiary/aromatic N) is 2. The maximum atomic E-state index is 13.3. The van der Waals surface area contributed by atoms with Crippen LogP contribution in [0.2, 0.25) is 0 Å². The topological polar surface area (TPSA) is 175 Å². The maximum absolute atomic E-state index is 13.3. The van der Waals surface area contributed by atoms with Crippen LogP contribution >= 0.6 is 0 Å². The number of imide groups is 2. The molecular weight excluding hydrogens is 668 g/mol. The van der Waals surface area contributed by atoms with Gasteiger partial charge in [-0.25, -0.2) is 24.2 Å². The largest absolute Gasteiger partial charge is 0.443 e. The molecule has 0 spiro atoms. The number of carbonyl (C=O) groups is 6. The highest BCUT2D eigenvalue weighted by molar-refractivity contribution is 5.86. The molecule has 8 amide bonds. The van der Waals surface area contributed by atoms with Crippen LogP contribution in [0.5, 0.6) is 0 Å². The second-order valence-corrected chi connectivity index (χ2v) is 18.1. The molecule has 2 aliphatic rings. The molecule has 294 valence electrons. The summed E-state index contributed by atoms with van der Waals surface area (Å²) < 4.78 is 11.8. The summed E-state index contributed by atoms with van der Waals surface area (Å²) in [5.74, 6) is -0.283. The highest BCUT2D eigenvalue weighted by Gasteiger charge is 2.44. The van der Waals surface area contributed by atoms with Crippen LogP contribution in [0.15, 0.2) is 25.6 Å². The molecule has 14 heteroatoms. The molecule has 4 unspecified atom stereocenters. The van der Waals surface area contributed by atoms with Crippen LogP contribution in [0.25, 0.3) is 0 Å². The number of amides is 8. The van der Waals surface area contributed by atoms with E-state index in [1.165, 1.54) is 0 Å². The van der Waals surface area contributed by atoms with Crippen LogP contribution in [-0.4, -0.2) is 89.7 Å². The standard InChI is InChI=1S/C38H64N6O8/c1-13-43(25-45)30(48)41-27-17-33(3,4)21-37(11,19-27)23-39-29(47)36(9,10)51-16-15-35(7,8)52-32(50)40-24-38(12)20-28(18-34(5,6)22-38)42-31(49)44(14-2)26-46/h13-14,25-28H,1-2,15-24H2,3-12H3,(H,39,47)(H,40,50)(H,41,48)(H,42,49). The summed E-state index contributed by atoms with van der Waals surface area (Å²) in [5.41, 5.74) is -2.96. The lowest BCUT2D eigenvalue weighted by atomic mass is 9.62. The molecule has 0 bridgehead atoms. The van der Waals surface area contributed by atoms with Crippen molar-refractivity contribution in [2.45, 2.75) is 137 Å². The van der Waals surface area contributed by atoms with Crippen LogP contribution in [-0.2, 0) is 23.9 Å². The quantitative estimate of drug-likeness (QED) is 0.149. The Morgan fingerprint density at radius 3 is 1.56 bits per heavy atom. The molecule has 4 N–H and O–H groups in total. The van der Waals surface area contributed by atoms with Crippen molar-refractivity contribution in [2.75, 3.05) is 19.7 Å². The SMILES string of the molecule is C=CN(C=O)C(=O)NC1CC(C)(C)CC(C)(CNC(=O)OC(C)(C)CCOC(C)(C)C(=O)NCC2(C)CC(NC(=O)N(C=C)C=O)CC(C)(C)C2)C1. The monoisotopic (exact) mass is 732 g/mol. The first kappa shape index (κ1) is 44.2. The van der Waals surface area contributed by atoms with Crippen molar-refractivity contribution in [3.63, 3.8) is 0 Å². The van der Waals surface area contributed by atoms with Gasteiger partial charge in [0.2, 0.25) is 12.8 Å².